The first-order valence-corrected chi connectivity index (χ1v) is 10.7. The molecule has 3 heteroatoms. The molecule has 0 radical (unpaired) electrons. The first-order chi connectivity index (χ1) is 11.7. The highest BCUT2D eigenvalue weighted by molar-refractivity contribution is 5.04. The van der Waals surface area contributed by atoms with E-state index in [-0.39, 0.29) is 16.9 Å². The Hall–Kier alpha value is -0.120. The third-order valence-electron chi connectivity index (χ3n) is 7.31. The molecule has 4 atom stereocenters. The minimum atomic E-state index is -0.664. The van der Waals surface area contributed by atoms with Crippen LogP contribution in [0.1, 0.15) is 92.4 Å². The number of fused-ring (bicyclic) bond motifs is 1. The standard InChI is InChI=1S/C22H42O3/c1-6-12-22(24,13-7-2)16-25-15-20(3,4)19-11-10-17-18(23)9-8-14-21(17,19)5/h17-19,23-24H,6-16H2,1-5H3/t17-,18+,19-,21+/m1/s1. The van der Waals surface area contributed by atoms with Crippen molar-refractivity contribution < 1.29 is 14.9 Å². The molecule has 0 aromatic carbocycles. The van der Waals surface area contributed by atoms with Gasteiger partial charge in [-0.25, -0.2) is 0 Å². The lowest BCUT2D eigenvalue weighted by Gasteiger charge is -2.48. The van der Waals surface area contributed by atoms with Gasteiger partial charge in [0.25, 0.3) is 0 Å². The van der Waals surface area contributed by atoms with Gasteiger partial charge in [0.1, 0.15) is 0 Å². The van der Waals surface area contributed by atoms with E-state index in [2.05, 4.69) is 34.6 Å². The molecule has 2 aliphatic carbocycles. The average molecular weight is 355 g/mol. The monoisotopic (exact) mass is 354 g/mol. The maximum Gasteiger partial charge on any atom is 0.0880 e. The summed E-state index contributed by atoms with van der Waals surface area (Å²) in [6.45, 7) is 12.5. The van der Waals surface area contributed by atoms with Gasteiger partial charge in [-0.2, -0.15) is 0 Å². The normalized spacial score (nSPS) is 33.5. The van der Waals surface area contributed by atoms with Gasteiger partial charge in [-0.1, -0.05) is 53.9 Å². The summed E-state index contributed by atoms with van der Waals surface area (Å²) in [5.74, 6) is 1.05. The van der Waals surface area contributed by atoms with Crippen LogP contribution in [0, 0.1) is 22.7 Å². The highest BCUT2D eigenvalue weighted by atomic mass is 16.5. The molecule has 0 aromatic rings. The Kier molecular flexibility index (Phi) is 7.01. The van der Waals surface area contributed by atoms with Crippen molar-refractivity contribution in [2.45, 2.75) is 104 Å². The van der Waals surface area contributed by atoms with Crippen LogP contribution in [0.4, 0.5) is 0 Å². The van der Waals surface area contributed by atoms with Crippen LogP contribution < -0.4 is 0 Å². The van der Waals surface area contributed by atoms with Gasteiger partial charge in [-0.3, -0.25) is 0 Å². The topological polar surface area (TPSA) is 49.7 Å². The van der Waals surface area contributed by atoms with E-state index in [0.29, 0.717) is 25.0 Å². The lowest BCUT2D eigenvalue weighted by molar-refractivity contribution is -0.0992. The molecule has 148 valence electrons. The van der Waals surface area contributed by atoms with Gasteiger partial charge in [0.15, 0.2) is 0 Å². The smallest absolute Gasteiger partial charge is 0.0880 e. The minimum absolute atomic E-state index is 0.0832. The van der Waals surface area contributed by atoms with Gasteiger partial charge in [0.05, 0.1) is 24.9 Å². The summed E-state index contributed by atoms with van der Waals surface area (Å²) >= 11 is 0. The van der Waals surface area contributed by atoms with Crippen molar-refractivity contribution in [2.75, 3.05) is 13.2 Å². The van der Waals surface area contributed by atoms with E-state index in [9.17, 15) is 10.2 Å². The predicted octanol–water partition coefficient (Wildman–Crippen LogP) is 4.94. The second-order valence-corrected chi connectivity index (χ2v) is 9.91. The zero-order valence-corrected chi connectivity index (χ0v) is 17.3. The van der Waals surface area contributed by atoms with Crippen molar-refractivity contribution in [1.29, 1.82) is 0 Å². The molecule has 0 heterocycles. The number of aliphatic hydroxyl groups excluding tert-OH is 1. The van der Waals surface area contributed by atoms with Crippen LogP contribution in [0.3, 0.4) is 0 Å². The SMILES string of the molecule is CCCC(O)(CCC)COCC(C)(C)[C@H]1CC[C@@H]2[C@@H](O)CCC[C@@]21C. The Morgan fingerprint density at radius 1 is 1.04 bits per heavy atom. The van der Waals surface area contributed by atoms with Crippen LogP contribution in [0.15, 0.2) is 0 Å². The summed E-state index contributed by atoms with van der Waals surface area (Å²) in [5.41, 5.74) is -0.337. The Morgan fingerprint density at radius 2 is 1.68 bits per heavy atom. The fourth-order valence-electron chi connectivity index (χ4n) is 6.24. The summed E-state index contributed by atoms with van der Waals surface area (Å²) < 4.78 is 6.12. The fourth-order valence-corrected chi connectivity index (χ4v) is 6.24. The highest BCUT2D eigenvalue weighted by Gasteiger charge is 2.55. The third kappa shape index (κ3) is 4.59. The van der Waals surface area contributed by atoms with Crippen molar-refractivity contribution in [1.82, 2.24) is 0 Å². The maximum atomic E-state index is 10.8. The summed E-state index contributed by atoms with van der Waals surface area (Å²) in [5, 5.41) is 21.3. The zero-order chi connectivity index (χ0) is 18.7. The number of rotatable bonds is 9. The maximum absolute atomic E-state index is 10.8. The molecule has 2 saturated carbocycles. The van der Waals surface area contributed by atoms with Gasteiger partial charge in [0, 0.05) is 0 Å². The molecule has 2 aliphatic rings. The molecule has 2 N–H and O–H groups in total. The Morgan fingerprint density at radius 3 is 2.28 bits per heavy atom. The fraction of sp³-hybridized carbons (Fsp3) is 1.00. The largest absolute Gasteiger partial charge is 0.393 e. The number of hydrogen-bond donors (Lipinski definition) is 2. The number of hydrogen-bond acceptors (Lipinski definition) is 3. The highest BCUT2D eigenvalue weighted by Crippen LogP contribution is 2.60. The molecule has 0 spiro atoms. The van der Waals surface area contributed by atoms with Crippen LogP contribution in [0.2, 0.25) is 0 Å². The molecule has 0 aromatic heterocycles. The van der Waals surface area contributed by atoms with E-state index in [0.717, 1.165) is 44.9 Å². The Balaban J connectivity index is 1.97. The first-order valence-electron chi connectivity index (χ1n) is 10.7. The van der Waals surface area contributed by atoms with Crippen LogP contribution in [0.5, 0.6) is 0 Å². The molecule has 2 rings (SSSR count). The van der Waals surface area contributed by atoms with E-state index in [1.54, 1.807) is 0 Å². The summed E-state index contributed by atoms with van der Waals surface area (Å²) in [6.07, 6.45) is 9.21. The molecule has 2 fully saturated rings. The van der Waals surface area contributed by atoms with E-state index in [4.69, 9.17) is 4.74 Å². The molecule has 0 saturated heterocycles. The molecule has 0 aliphatic heterocycles. The summed E-state index contributed by atoms with van der Waals surface area (Å²) in [7, 11) is 0. The van der Waals surface area contributed by atoms with Gasteiger partial charge >= 0.3 is 0 Å². The van der Waals surface area contributed by atoms with Crippen molar-refractivity contribution in [3.8, 4) is 0 Å². The van der Waals surface area contributed by atoms with Crippen molar-refractivity contribution in [2.24, 2.45) is 22.7 Å². The third-order valence-corrected chi connectivity index (χ3v) is 7.31. The Labute approximate surface area is 155 Å². The molecule has 3 nitrogen and oxygen atoms in total. The molecule has 0 amide bonds. The van der Waals surface area contributed by atoms with E-state index in [1.165, 1.54) is 12.8 Å². The van der Waals surface area contributed by atoms with E-state index < -0.39 is 5.60 Å². The predicted molar refractivity (Wildman–Crippen MR) is 104 cm³/mol. The molecular weight excluding hydrogens is 312 g/mol. The van der Waals surface area contributed by atoms with E-state index in [1.807, 2.05) is 0 Å². The second-order valence-electron chi connectivity index (χ2n) is 9.91. The molecule has 0 unspecified atom stereocenters. The van der Waals surface area contributed by atoms with Gasteiger partial charge in [-0.05, 0) is 61.2 Å². The van der Waals surface area contributed by atoms with Gasteiger partial charge in [-0.15, -0.1) is 0 Å². The lowest BCUT2D eigenvalue weighted by Crippen LogP contribution is -2.46. The molecule has 0 bridgehead atoms. The minimum Gasteiger partial charge on any atom is -0.393 e. The van der Waals surface area contributed by atoms with Crippen LogP contribution in [-0.2, 0) is 4.74 Å². The number of ether oxygens (including phenoxy) is 1. The lowest BCUT2D eigenvalue weighted by atomic mass is 9.58. The van der Waals surface area contributed by atoms with Crippen molar-refractivity contribution >= 4 is 0 Å². The summed E-state index contributed by atoms with van der Waals surface area (Å²) in [6, 6.07) is 0. The molecular formula is C22H42O3. The Bertz CT molecular complexity index is 413. The molecule has 25 heavy (non-hydrogen) atoms. The van der Waals surface area contributed by atoms with Crippen LogP contribution in [0.25, 0.3) is 0 Å². The zero-order valence-electron chi connectivity index (χ0n) is 17.3. The van der Waals surface area contributed by atoms with Gasteiger partial charge in [0.2, 0.25) is 0 Å². The van der Waals surface area contributed by atoms with Crippen molar-refractivity contribution in [3.63, 3.8) is 0 Å². The summed E-state index contributed by atoms with van der Waals surface area (Å²) in [4.78, 5) is 0. The second kappa shape index (κ2) is 8.27. The van der Waals surface area contributed by atoms with Crippen LogP contribution in [-0.4, -0.2) is 35.1 Å². The van der Waals surface area contributed by atoms with Crippen molar-refractivity contribution in [3.05, 3.63) is 0 Å². The van der Waals surface area contributed by atoms with E-state index >= 15 is 0 Å². The number of aliphatic hydroxyl groups is 2. The first kappa shape index (κ1) is 21.2. The van der Waals surface area contributed by atoms with Gasteiger partial charge < -0.3 is 14.9 Å². The quantitative estimate of drug-likeness (QED) is 0.617. The average Bonchev–Trinajstić information content (AvgIpc) is 2.86. The van der Waals surface area contributed by atoms with Crippen LogP contribution >= 0.6 is 0 Å².